The van der Waals surface area contributed by atoms with Gasteiger partial charge < -0.3 is 10.4 Å². The molecule has 1 aromatic rings. The summed E-state index contributed by atoms with van der Waals surface area (Å²) >= 11 is 0. The Hall–Kier alpha value is -1.53. The fourth-order valence-electron chi connectivity index (χ4n) is 2.54. The van der Waals surface area contributed by atoms with Crippen molar-refractivity contribution in [3.8, 4) is 12.3 Å². The van der Waals surface area contributed by atoms with Gasteiger partial charge in [0.05, 0.1) is 11.6 Å². The summed E-state index contributed by atoms with van der Waals surface area (Å²) in [7, 11) is 0. The van der Waals surface area contributed by atoms with Crippen molar-refractivity contribution in [3.63, 3.8) is 0 Å². The molecule has 1 heterocycles. The number of halogens is 1. The van der Waals surface area contributed by atoms with Gasteiger partial charge in [0, 0.05) is 17.2 Å². The molecular formula is C14H16FNO. The smallest absolute Gasteiger partial charge is 0.126 e. The number of benzene rings is 1. The number of hydrogen-bond acceptors (Lipinski definition) is 2. The monoisotopic (exact) mass is 233 g/mol. The van der Waals surface area contributed by atoms with Gasteiger partial charge in [-0.1, -0.05) is 12.8 Å². The van der Waals surface area contributed by atoms with Crippen LogP contribution in [0.3, 0.4) is 0 Å². The molecule has 0 aliphatic carbocycles. The Balaban J connectivity index is 2.65. The number of fused-ring (bicyclic) bond motifs is 1. The van der Waals surface area contributed by atoms with Crippen LogP contribution in [0, 0.1) is 18.2 Å². The normalized spacial score (nSPS) is 25.6. The van der Waals surface area contributed by atoms with Crippen molar-refractivity contribution in [2.45, 2.75) is 38.3 Å². The summed E-state index contributed by atoms with van der Waals surface area (Å²) in [6.45, 7) is 5.68. The summed E-state index contributed by atoms with van der Waals surface area (Å²) in [6.07, 6.45) is 4.83. The van der Waals surface area contributed by atoms with E-state index in [-0.39, 0.29) is 11.7 Å². The van der Waals surface area contributed by atoms with Crippen molar-refractivity contribution in [3.05, 3.63) is 29.1 Å². The molecule has 3 heteroatoms. The molecule has 2 nitrogen and oxygen atoms in total. The fraction of sp³-hybridized carbons (Fsp3) is 0.429. The van der Waals surface area contributed by atoms with Crippen molar-refractivity contribution in [2.75, 3.05) is 5.32 Å². The van der Waals surface area contributed by atoms with Gasteiger partial charge in [-0.05, 0) is 31.5 Å². The molecule has 1 aliphatic heterocycles. The van der Waals surface area contributed by atoms with Crippen LogP contribution < -0.4 is 5.32 Å². The Morgan fingerprint density at radius 2 is 2.12 bits per heavy atom. The van der Waals surface area contributed by atoms with Gasteiger partial charge in [0.1, 0.15) is 5.82 Å². The zero-order chi connectivity index (χ0) is 12.8. The molecule has 0 saturated heterocycles. The van der Waals surface area contributed by atoms with Gasteiger partial charge in [0.25, 0.3) is 0 Å². The summed E-state index contributed by atoms with van der Waals surface area (Å²) in [6, 6.07) is 2.77. The number of nitrogens with one attached hydrogen (secondary N) is 1. The molecule has 0 fully saturated rings. The van der Waals surface area contributed by atoms with Crippen LogP contribution in [-0.2, 0) is 0 Å². The summed E-state index contributed by atoms with van der Waals surface area (Å²) in [5, 5.41) is 13.4. The van der Waals surface area contributed by atoms with E-state index >= 15 is 0 Å². The van der Waals surface area contributed by atoms with E-state index in [1.54, 1.807) is 0 Å². The lowest BCUT2D eigenvalue weighted by Crippen LogP contribution is -2.50. The number of aliphatic hydroxyl groups is 1. The molecule has 0 saturated carbocycles. The van der Waals surface area contributed by atoms with Crippen molar-refractivity contribution in [2.24, 2.45) is 0 Å². The second-order valence-electron chi connectivity index (χ2n) is 5.14. The van der Waals surface area contributed by atoms with Crippen LogP contribution in [0.15, 0.2) is 12.1 Å². The minimum absolute atomic E-state index is 0.118. The zero-order valence-electron chi connectivity index (χ0n) is 10.2. The summed E-state index contributed by atoms with van der Waals surface area (Å²) in [5.74, 6) is 2.01. The Bertz CT molecular complexity index is 502. The van der Waals surface area contributed by atoms with E-state index in [0.29, 0.717) is 11.3 Å². The number of terminal acetylenes is 1. The number of rotatable bonds is 0. The topological polar surface area (TPSA) is 32.3 Å². The standard InChI is InChI=1S/C14H16FNO/c1-5-9-6-10(15)7-11-12(9)8(2)13(17)14(3,4)16-11/h1,6-8,13,16-17H,2-4H3. The van der Waals surface area contributed by atoms with Crippen LogP contribution in [0.1, 0.15) is 37.8 Å². The largest absolute Gasteiger partial charge is 0.390 e. The van der Waals surface area contributed by atoms with E-state index in [1.165, 1.54) is 12.1 Å². The molecule has 2 atom stereocenters. The van der Waals surface area contributed by atoms with Gasteiger partial charge in [-0.25, -0.2) is 4.39 Å². The Labute approximate surface area is 101 Å². The molecule has 0 aromatic heterocycles. The maximum Gasteiger partial charge on any atom is 0.126 e. The van der Waals surface area contributed by atoms with E-state index in [2.05, 4.69) is 11.2 Å². The molecule has 0 spiro atoms. The first kappa shape index (κ1) is 11.9. The predicted molar refractivity (Wildman–Crippen MR) is 66.5 cm³/mol. The molecule has 1 aliphatic rings. The minimum atomic E-state index is -0.562. The van der Waals surface area contributed by atoms with Crippen molar-refractivity contribution < 1.29 is 9.50 Å². The first-order valence-electron chi connectivity index (χ1n) is 5.63. The highest BCUT2D eigenvalue weighted by atomic mass is 19.1. The van der Waals surface area contributed by atoms with Crippen LogP contribution in [-0.4, -0.2) is 16.7 Å². The molecule has 2 rings (SSSR count). The van der Waals surface area contributed by atoms with E-state index in [1.807, 2.05) is 20.8 Å². The fourth-order valence-corrected chi connectivity index (χ4v) is 2.54. The molecule has 0 bridgehead atoms. The van der Waals surface area contributed by atoms with Crippen LogP contribution in [0.4, 0.5) is 10.1 Å². The zero-order valence-corrected chi connectivity index (χ0v) is 10.2. The SMILES string of the molecule is C#Cc1cc(F)cc2c1C(C)C(O)C(C)(C)N2. The third-order valence-corrected chi connectivity index (χ3v) is 3.43. The number of hydrogen-bond donors (Lipinski definition) is 2. The molecular weight excluding hydrogens is 217 g/mol. The molecule has 2 N–H and O–H groups in total. The van der Waals surface area contributed by atoms with Crippen molar-refractivity contribution >= 4 is 5.69 Å². The Kier molecular flexibility index (Phi) is 2.63. The number of aliphatic hydroxyl groups excluding tert-OH is 1. The Morgan fingerprint density at radius 1 is 1.47 bits per heavy atom. The van der Waals surface area contributed by atoms with Crippen LogP contribution in [0.2, 0.25) is 0 Å². The highest BCUT2D eigenvalue weighted by Gasteiger charge is 2.39. The molecule has 0 radical (unpaired) electrons. The van der Waals surface area contributed by atoms with Gasteiger partial charge in [-0.2, -0.15) is 0 Å². The highest BCUT2D eigenvalue weighted by molar-refractivity contribution is 5.64. The lowest BCUT2D eigenvalue weighted by Gasteiger charge is -2.42. The molecule has 0 amide bonds. The molecule has 2 unspecified atom stereocenters. The third-order valence-electron chi connectivity index (χ3n) is 3.43. The second-order valence-corrected chi connectivity index (χ2v) is 5.14. The third kappa shape index (κ3) is 1.79. The van der Waals surface area contributed by atoms with E-state index < -0.39 is 11.6 Å². The summed E-state index contributed by atoms with van der Waals surface area (Å²) in [5.41, 5.74) is 1.52. The molecule has 90 valence electrons. The van der Waals surface area contributed by atoms with Crippen molar-refractivity contribution in [1.29, 1.82) is 0 Å². The lowest BCUT2D eigenvalue weighted by molar-refractivity contribution is 0.0867. The first-order chi connectivity index (χ1) is 7.86. The van der Waals surface area contributed by atoms with Gasteiger partial charge in [0.15, 0.2) is 0 Å². The van der Waals surface area contributed by atoms with Crippen molar-refractivity contribution in [1.82, 2.24) is 0 Å². The molecule has 17 heavy (non-hydrogen) atoms. The minimum Gasteiger partial charge on any atom is -0.390 e. The van der Waals surface area contributed by atoms with Gasteiger partial charge in [-0.15, -0.1) is 6.42 Å². The van der Waals surface area contributed by atoms with Gasteiger partial charge in [-0.3, -0.25) is 0 Å². The average Bonchev–Trinajstić information content (AvgIpc) is 2.24. The van der Waals surface area contributed by atoms with Crippen LogP contribution >= 0.6 is 0 Å². The Morgan fingerprint density at radius 3 is 2.71 bits per heavy atom. The lowest BCUT2D eigenvalue weighted by atomic mass is 9.77. The second kappa shape index (κ2) is 3.75. The van der Waals surface area contributed by atoms with E-state index in [0.717, 1.165) is 5.56 Å². The number of anilines is 1. The first-order valence-corrected chi connectivity index (χ1v) is 5.63. The maximum atomic E-state index is 13.4. The summed E-state index contributed by atoms with van der Waals surface area (Å²) < 4.78 is 13.4. The van der Waals surface area contributed by atoms with E-state index in [9.17, 15) is 9.50 Å². The summed E-state index contributed by atoms with van der Waals surface area (Å²) in [4.78, 5) is 0. The highest BCUT2D eigenvalue weighted by Crippen LogP contribution is 2.40. The maximum absolute atomic E-state index is 13.4. The molecule has 1 aromatic carbocycles. The quantitative estimate of drug-likeness (QED) is 0.675. The van der Waals surface area contributed by atoms with E-state index in [4.69, 9.17) is 6.42 Å². The predicted octanol–water partition coefficient (Wildman–Crippen LogP) is 2.48. The van der Waals surface area contributed by atoms with Gasteiger partial charge >= 0.3 is 0 Å². The van der Waals surface area contributed by atoms with Crippen LogP contribution in [0.5, 0.6) is 0 Å². The van der Waals surface area contributed by atoms with Crippen LogP contribution in [0.25, 0.3) is 0 Å². The van der Waals surface area contributed by atoms with Gasteiger partial charge in [0.2, 0.25) is 0 Å². The average molecular weight is 233 g/mol.